The largest absolute Gasteiger partial charge is 0.493 e. The molecule has 1 aromatic carbocycles. The van der Waals surface area contributed by atoms with Crippen LogP contribution in [-0.4, -0.2) is 31.4 Å². The molecule has 0 amide bonds. The molecule has 0 saturated carbocycles. The standard InChI is InChI=1S/C11H15BO4/c1-3-15-12(16-4-2)10-7-5-6-9(8-10)11(13)14/h5-8H,3-4H2,1-2H3,(H,13,14). The maximum Gasteiger partial charge on any atom is 0.493 e. The van der Waals surface area contributed by atoms with E-state index >= 15 is 0 Å². The Morgan fingerprint density at radius 1 is 1.31 bits per heavy atom. The fourth-order valence-electron chi connectivity index (χ4n) is 1.36. The smallest absolute Gasteiger partial charge is 0.478 e. The Kier molecular flexibility index (Phi) is 5.02. The highest BCUT2D eigenvalue weighted by Crippen LogP contribution is 2.00. The van der Waals surface area contributed by atoms with E-state index in [9.17, 15) is 4.79 Å². The third-order valence-electron chi connectivity index (χ3n) is 2.04. The van der Waals surface area contributed by atoms with Crippen molar-refractivity contribution in [1.82, 2.24) is 0 Å². The second-order valence-electron chi connectivity index (χ2n) is 3.17. The van der Waals surface area contributed by atoms with E-state index in [1.165, 1.54) is 0 Å². The van der Waals surface area contributed by atoms with E-state index in [-0.39, 0.29) is 5.56 Å². The predicted octanol–water partition coefficient (Wildman–Crippen LogP) is 1.15. The monoisotopic (exact) mass is 222 g/mol. The van der Waals surface area contributed by atoms with E-state index < -0.39 is 13.1 Å². The highest BCUT2D eigenvalue weighted by Gasteiger charge is 2.20. The molecule has 16 heavy (non-hydrogen) atoms. The molecule has 0 aliphatic carbocycles. The zero-order valence-electron chi connectivity index (χ0n) is 9.47. The van der Waals surface area contributed by atoms with Gasteiger partial charge in [0.2, 0.25) is 0 Å². The van der Waals surface area contributed by atoms with Crippen molar-refractivity contribution in [1.29, 1.82) is 0 Å². The van der Waals surface area contributed by atoms with E-state index in [1.807, 2.05) is 13.8 Å². The van der Waals surface area contributed by atoms with Crippen molar-refractivity contribution in [3.63, 3.8) is 0 Å². The second kappa shape index (κ2) is 6.30. The number of aromatic carboxylic acids is 1. The van der Waals surface area contributed by atoms with Crippen LogP contribution in [0.15, 0.2) is 24.3 Å². The number of benzene rings is 1. The van der Waals surface area contributed by atoms with Crippen LogP contribution in [0.1, 0.15) is 24.2 Å². The first kappa shape index (κ1) is 12.7. The number of rotatable bonds is 6. The van der Waals surface area contributed by atoms with Crippen LogP contribution in [0.2, 0.25) is 0 Å². The van der Waals surface area contributed by atoms with E-state index in [2.05, 4.69) is 0 Å². The van der Waals surface area contributed by atoms with Gasteiger partial charge in [-0.2, -0.15) is 0 Å². The van der Waals surface area contributed by atoms with Crippen LogP contribution in [0.5, 0.6) is 0 Å². The number of carboxylic acids is 1. The average Bonchev–Trinajstić information content (AvgIpc) is 2.29. The third-order valence-corrected chi connectivity index (χ3v) is 2.04. The molecule has 0 radical (unpaired) electrons. The molecule has 5 heteroatoms. The van der Waals surface area contributed by atoms with Gasteiger partial charge in [-0.3, -0.25) is 0 Å². The van der Waals surface area contributed by atoms with Crippen LogP contribution >= 0.6 is 0 Å². The van der Waals surface area contributed by atoms with Gasteiger partial charge in [0.15, 0.2) is 0 Å². The lowest BCUT2D eigenvalue weighted by molar-refractivity contribution is 0.0697. The van der Waals surface area contributed by atoms with Crippen molar-refractivity contribution in [2.75, 3.05) is 13.2 Å². The summed E-state index contributed by atoms with van der Waals surface area (Å²) in [4.78, 5) is 10.8. The molecule has 1 aromatic rings. The molecule has 1 rings (SSSR count). The minimum absolute atomic E-state index is 0.238. The van der Waals surface area contributed by atoms with Crippen molar-refractivity contribution < 1.29 is 19.2 Å². The first-order valence-corrected chi connectivity index (χ1v) is 5.25. The van der Waals surface area contributed by atoms with Gasteiger partial charge in [-0.25, -0.2) is 4.79 Å². The van der Waals surface area contributed by atoms with E-state index in [0.717, 1.165) is 5.46 Å². The van der Waals surface area contributed by atoms with Crippen LogP contribution in [0, 0.1) is 0 Å². The number of hydrogen-bond donors (Lipinski definition) is 1. The Bertz CT molecular complexity index is 348. The fraction of sp³-hybridized carbons (Fsp3) is 0.364. The van der Waals surface area contributed by atoms with Crippen molar-refractivity contribution in [3.05, 3.63) is 29.8 Å². The van der Waals surface area contributed by atoms with Crippen molar-refractivity contribution in [2.24, 2.45) is 0 Å². The van der Waals surface area contributed by atoms with Gasteiger partial charge in [0.25, 0.3) is 0 Å². The summed E-state index contributed by atoms with van der Waals surface area (Å²) in [6, 6.07) is 6.59. The normalized spacial score (nSPS) is 10.1. The van der Waals surface area contributed by atoms with Gasteiger partial charge < -0.3 is 14.4 Å². The molecule has 0 saturated heterocycles. The van der Waals surface area contributed by atoms with Gasteiger partial charge >= 0.3 is 13.1 Å². The number of carbonyl (C=O) groups is 1. The Morgan fingerprint density at radius 3 is 2.44 bits per heavy atom. The van der Waals surface area contributed by atoms with Gasteiger partial charge in [0, 0.05) is 13.2 Å². The molecule has 4 nitrogen and oxygen atoms in total. The van der Waals surface area contributed by atoms with Crippen molar-refractivity contribution >= 4 is 18.6 Å². The highest BCUT2D eigenvalue weighted by molar-refractivity contribution is 6.61. The second-order valence-corrected chi connectivity index (χ2v) is 3.17. The third kappa shape index (κ3) is 3.36. The summed E-state index contributed by atoms with van der Waals surface area (Å²) in [5, 5.41) is 8.87. The Balaban J connectivity index is 2.90. The lowest BCUT2D eigenvalue weighted by atomic mass is 9.78. The van der Waals surface area contributed by atoms with Gasteiger partial charge in [-0.15, -0.1) is 0 Å². The quantitative estimate of drug-likeness (QED) is 0.733. The minimum Gasteiger partial charge on any atom is -0.478 e. The SMILES string of the molecule is CCOB(OCC)c1cccc(C(=O)O)c1. The van der Waals surface area contributed by atoms with E-state index in [1.54, 1.807) is 24.3 Å². The predicted molar refractivity (Wildman–Crippen MR) is 62.0 cm³/mol. The summed E-state index contributed by atoms with van der Waals surface area (Å²) >= 11 is 0. The summed E-state index contributed by atoms with van der Waals surface area (Å²) < 4.78 is 10.8. The molecular formula is C11H15BO4. The molecule has 0 bridgehead atoms. The van der Waals surface area contributed by atoms with Gasteiger partial charge in [0.1, 0.15) is 0 Å². The minimum atomic E-state index is -0.950. The summed E-state index contributed by atoms with van der Waals surface area (Å²) in [5.74, 6) is -0.950. The average molecular weight is 222 g/mol. The van der Waals surface area contributed by atoms with Gasteiger partial charge in [0.05, 0.1) is 5.56 Å². The van der Waals surface area contributed by atoms with Crippen LogP contribution in [-0.2, 0) is 9.31 Å². The zero-order valence-corrected chi connectivity index (χ0v) is 9.47. The summed E-state index contributed by atoms with van der Waals surface area (Å²) in [5.41, 5.74) is 0.963. The summed E-state index contributed by atoms with van der Waals surface area (Å²) in [6.45, 7) is 4.77. The van der Waals surface area contributed by atoms with E-state index in [0.29, 0.717) is 13.2 Å². The molecule has 0 unspecified atom stereocenters. The molecule has 0 aliphatic heterocycles. The molecule has 0 atom stereocenters. The fourth-order valence-corrected chi connectivity index (χ4v) is 1.36. The van der Waals surface area contributed by atoms with Crippen LogP contribution in [0.3, 0.4) is 0 Å². The number of hydrogen-bond acceptors (Lipinski definition) is 3. The summed E-state index contributed by atoms with van der Waals surface area (Å²) in [6.07, 6.45) is 0. The topological polar surface area (TPSA) is 55.8 Å². The molecule has 86 valence electrons. The lowest BCUT2D eigenvalue weighted by Crippen LogP contribution is -2.37. The maximum absolute atomic E-state index is 10.8. The Labute approximate surface area is 95.3 Å². The zero-order chi connectivity index (χ0) is 12.0. The lowest BCUT2D eigenvalue weighted by Gasteiger charge is -2.12. The molecular weight excluding hydrogens is 207 g/mol. The molecule has 0 spiro atoms. The number of carboxylic acid groups (broad SMARTS) is 1. The van der Waals surface area contributed by atoms with Crippen LogP contribution in [0.25, 0.3) is 0 Å². The van der Waals surface area contributed by atoms with Crippen molar-refractivity contribution in [3.8, 4) is 0 Å². The molecule has 1 N–H and O–H groups in total. The molecule has 0 fully saturated rings. The van der Waals surface area contributed by atoms with Crippen molar-refractivity contribution in [2.45, 2.75) is 13.8 Å². The van der Waals surface area contributed by atoms with Crippen LogP contribution < -0.4 is 5.46 Å². The van der Waals surface area contributed by atoms with Gasteiger partial charge in [-0.1, -0.05) is 12.1 Å². The summed E-state index contributed by atoms with van der Waals surface area (Å²) in [7, 11) is -0.491. The van der Waals surface area contributed by atoms with E-state index in [4.69, 9.17) is 14.4 Å². The first-order chi connectivity index (χ1) is 7.69. The Morgan fingerprint density at radius 2 is 1.94 bits per heavy atom. The van der Waals surface area contributed by atoms with Gasteiger partial charge in [-0.05, 0) is 31.4 Å². The first-order valence-electron chi connectivity index (χ1n) is 5.25. The maximum atomic E-state index is 10.8. The van der Waals surface area contributed by atoms with Crippen LogP contribution in [0.4, 0.5) is 0 Å². The molecule has 0 aromatic heterocycles. The highest BCUT2D eigenvalue weighted by atomic mass is 16.6. The Hall–Kier alpha value is -1.33. The molecule has 0 heterocycles. The molecule has 0 aliphatic rings.